The number of aromatic nitrogens is 2. The average molecular weight is 370 g/mol. The lowest BCUT2D eigenvalue weighted by Gasteiger charge is -2.00. The van der Waals surface area contributed by atoms with E-state index in [1.165, 1.54) is 11.3 Å². The fourth-order valence-corrected chi connectivity index (χ4v) is 4.26. The Bertz CT molecular complexity index is 917. The highest BCUT2D eigenvalue weighted by Crippen LogP contribution is 2.21. The van der Waals surface area contributed by atoms with Gasteiger partial charge in [-0.1, -0.05) is 16.8 Å². The van der Waals surface area contributed by atoms with E-state index in [0.717, 1.165) is 4.88 Å². The van der Waals surface area contributed by atoms with Crippen molar-refractivity contribution >= 4 is 33.0 Å². The zero-order chi connectivity index (χ0) is 16.4. The maximum absolute atomic E-state index is 12.1. The average Bonchev–Trinajstić information content (AvgIpc) is 3.15. The van der Waals surface area contributed by atoms with Gasteiger partial charge in [0.2, 0.25) is 10.0 Å². The second kappa shape index (κ2) is 6.40. The Hall–Kier alpha value is -1.74. The van der Waals surface area contributed by atoms with Crippen molar-refractivity contribution in [2.45, 2.75) is 17.7 Å². The van der Waals surface area contributed by atoms with Crippen molar-refractivity contribution in [2.75, 3.05) is 0 Å². The molecule has 6 nitrogen and oxygen atoms in total. The van der Waals surface area contributed by atoms with Gasteiger partial charge in [0.15, 0.2) is 5.82 Å². The van der Waals surface area contributed by atoms with Crippen molar-refractivity contribution in [2.24, 2.45) is 0 Å². The van der Waals surface area contributed by atoms with Crippen molar-refractivity contribution in [1.29, 1.82) is 0 Å². The van der Waals surface area contributed by atoms with Crippen LogP contribution in [0.25, 0.3) is 11.5 Å². The summed E-state index contributed by atoms with van der Waals surface area (Å²) < 4.78 is 32.1. The van der Waals surface area contributed by atoms with Gasteiger partial charge in [-0.05, 0) is 43.3 Å². The van der Waals surface area contributed by atoms with E-state index in [1.807, 2.05) is 6.92 Å². The molecule has 0 radical (unpaired) electrons. The van der Waals surface area contributed by atoms with Crippen LogP contribution >= 0.6 is 22.9 Å². The lowest BCUT2D eigenvalue weighted by Crippen LogP contribution is -2.22. The van der Waals surface area contributed by atoms with Crippen LogP contribution in [0.3, 0.4) is 0 Å². The summed E-state index contributed by atoms with van der Waals surface area (Å²) in [4.78, 5) is 5.09. The molecule has 0 aliphatic carbocycles. The van der Waals surface area contributed by atoms with Crippen LogP contribution < -0.4 is 4.72 Å². The van der Waals surface area contributed by atoms with Gasteiger partial charge in [-0.3, -0.25) is 0 Å². The van der Waals surface area contributed by atoms with Gasteiger partial charge < -0.3 is 4.52 Å². The minimum Gasteiger partial charge on any atom is -0.334 e. The van der Waals surface area contributed by atoms with Crippen molar-refractivity contribution in [3.8, 4) is 11.5 Å². The predicted octanol–water partition coefficient (Wildman–Crippen LogP) is 3.24. The lowest BCUT2D eigenvalue weighted by atomic mass is 10.2. The summed E-state index contributed by atoms with van der Waals surface area (Å²) in [6.07, 6.45) is 0. The number of nitrogens with zero attached hydrogens (tertiary/aromatic N) is 2. The number of halogens is 1. The summed E-state index contributed by atoms with van der Waals surface area (Å²) in [5.41, 5.74) is 0.713. The Balaban J connectivity index is 1.71. The number of hydrogen-bond donors (Lipinski definition) is 1. The fraction of sp³-hybridized carbons (Fsp3) is 0.143. The topological polar surface area (TPSA) is 85.1 Å². The molecule has 0 saturated carbocycles. The Morgan fingerprint density at radius 2 is 1.96 bits per heavy atom. The summed E-state index contributed by atoms with van der Waals surface area (Å²) >= 11 is 7.03. The van der Waals surface area contributed by atoms with Gasteiger partial charge in [0, 0.05) is 15.5 Å². The van der Waals surface area contributed by atoms with E-state index in [1.54, 1.807) is 36.4 Å². The Labute approximate surface area is 142 Å². The van der Waals surface area contributed by atoms with E-state index >= 15 is 0 Å². The molecule has 23 heavy (non-hydrogen) atoms. The second-order valence-corrected chi connectivity index (χ2v) is 8.43. The minimum atomic E-state index is -3.57. The van der Waals surface area contributed by atoms with Gasteiger partial charge >= 0.3 is 0 Å². The zero-order valence-electron chi connectivity index (χ0n) is 12.0. The van der Waals surface area contributed by atoms with Crippen LogP contribution in [0.2, 0.25) is 5.02 Å². The summed E-state index contributed by atoms with van der Waals surface area (Å²) in [6, 6.07) is 10.2. The van der Waals surface area contributed by atoms with E-state index in [0.29, 0.717) is 16.5 Å². The molecule has 0 bridgehead atoms. The highest BCUT2D eigenvalue weighted by molar-refractivity contribution is 7.91. The fourth-order valence-electron chi connectivity index (χ4n) is 1.82. The van der Waals surface area contributed by atoms with Crippen molar-refractivity contribution < 1.29 is 12.9 Å². The molecular formula is C14H12ClN3O3S2. The Kier molecular flexibility index (Phi) is 4.49. The molecule has 1 aromatic carbocycles. The molecule has 120 valence electrons. The van der Waals surface area contributed by atoms with Gasteiger partial charge in [0.1, 0.15) is 4.21 Å². The van der Waals surface area contributed by atoms with Gasteiger partial charge in [-0.15, -0.1) is 11.3 Å². The number of hydrogen-bond acceptors (Lipinski definition) is 6. The molecule has 0 fully saturated rings. The summed E-state index contributed by atoms with van der Waals surface area (Å²) in [5, 5.41) is 4.38. The number of benzene rings is 1. The Morgan fingerprint density at radius 3 is 2.61 bits per heavy atom. The summed E-state index contributed by atoms with van der Waals surface area (Å²) in [7, 11) is -3.57. The van der Waals surface area contributed by atoms with Gasteiger partial charge in [-0.2, -0.15) is 4.98 Å². The van der Waals surface area contributed by atoms with E-state index < -0.39 is 10.0 Å². The smallest absolute Gasteiger partial charge is 0.257 e. The first-order valence-electron chi connectivity index (χ1n) is 6.59. The summed E-state index contributed by atoms with van der Waals surface area (Å²) in [5.74, 6) is 0.564. The number of aryl methyl sites for hydroxylation is 1. The largest absolute Gasteiger partial charge is 0.334 e. The van der Waals surface area contributed by atoms with Crippen LogP contribution in [0.1, 0.15) is 10.7 Å². The van der Waals surface area contributed by atoms with Crippen LogP contribution in [0, 0.1) is 6.92 Å². The molecule has 3 rings (SSSR count). The first-order valence-corrected chi connectivity index (χ1v) is 9.26. The van der Waals surface area contributed by atoms with E-state index in [9.17, 15) is 8.42 Å². The third kappa shape index (κ3) is 3.78. The lowest BCUT2D eigenvalue weighted by molar-refractivity contribution is 0.421. The molecule has 0 atom stereocenters. The Morgan fingerprint density at radius 1 is 1.22 bits per heavy atom. The van der Waals surface area contributed by atoms with Gasteiger partial charge in [0.05, 0.1) is 6.54 Å². The van der Waals surface area contributed by atoms with Crippen molar-refractivity contribution in [3.05, 3.63) is 52.1 Å². The third-order valence-electron chi connectivity index (χ3n) is 2.96. The predicted molar refractivity (Wildman–Crippen MR) is 87.8 cm³/mol. The maximum atomic E-state index is 12.1. The van der Waals surface area contributed by atoms with E-state index in [4.69, 9.17) is 16.1 Å². The van der Waals surface area contributed by atoms with Crippen LogP contribution in [0.5, 0.6) is 0 Å². The maximum Gasteiger partial charge on any atom is 0.257 e. The first kappa shape index (κ1) is 16.1. The SMILES string of the molecule is Cc1ccc(S(=O)(=O)NCc2noc(-c3ccc(Cl)cc3)n2)s1. The molecule has 0 spiro atoms. The molecule has 3 aromatic rings. The van der Waals surface area contributed by atoms with Crippen LogP contribution in [-0.2, 0) is 16.6 Å². The second-order valence-electron chi connectivity index (χ2n) is 4.71. The number of nitrogens with one attached hydrogen (secondary N) is 1. The standard InChI is InChI=1S/C14H12ClN3O3S2/c1-9-2-7-13(22-9)23(19,20)16-8-12-17-14(21-18-12)10-3-5-11(15)6-4-10/h2-7,16H,8H2,1H3. The normalized spacial score (nSPS) is 11.7. The number of thiophene rings is 1. The molecule has 2 aromatic heterocycles. The van der Waals surface area contributed by atoms with Crippen LogP contribution in [-0.4, -0.2) is 18.6 Å². The minimum absolute atomic E-state index is 0.0453. The molecule has 2 heterocycles. The number of rotatable bonds is 5. The van der Waals surface area contributed by atoms with E-state index in [-0.39, 0.29) is 16.6 Å². The molecular weight excluding hydrogens is 358 g/mol. The van der Waals surface area contributed by atoms with Gasteiger partial charge in [-0.25, -0.2) is 13.1 Å². The highest BCUT2D eigenvalue weighted by atomic mass is 35.5. The van der Waals surface area contributed by atoms with Gasteiger partial charge in [0.25, 0.3) is 5.89 Å². The third-order valence-corrected chi connectivity index (χ3v) is 6.11. The van der Waals surface area contributed by atoms with Crippen LogP contribution in [0.4, 0.5) is 0 Å². The molecule has 9 heteroatoms. The molecule has 1 N–H and O–H groups in total. The van der Waals surface area contributed by atoms with Crippen LogP contribution in [0.15, 0.2) is 45.1 Å². The monoisotopic (exact) mass is 369 g/mol. The molecule has 0 unspecified atom stereocenters. The quantitative estimate of drug-likeness (QED) is 0.746. The van der Waals surface area contributed by atoms with Crippen molar-refractivity contribution in [3.63, 3.8) is 0 Å². The highest BCUT2D eigenvalue weighted by Gasteiger charge is 2.17. The molecule has 0 saturated heterocycles. The summed E-state index contributed by atoms with van der Waals surface area (Å²) in [6.45, 7) is 1.80. The first-order chi connectivity index (χ1) is 10.9. The zero-order valence-corrected chi connectivity index (χ0v) is 14.4. The number of sulfonamides is 1. The van der Waals surface area contributed by atoms with E-state index in [2.05, 4.69) is 14.9 Å². The van der Waals surface area contributed by atoms with Crippen molar-refractivity contribution in [1.82, 2.24) is 14.9 Å². The molecule has 0 aliphatic rings. The molecule has 0 amide bonds. The molecule has 0 aliphatic heterocycles.